The maximum absolute atomic E-state index is 12.2. The first-order chi connectivity index (χ1) is 11.3. The van der Waals surface area contributed by atoms with Gasteiger partial charge in [0.2, 0.25) is 5.91 Å². The number of nitrogens with one attached hydrogen (secondary N) is 2. The maximum atomic E-state index is 12.2. The molecule has 0 aromatic heterocycles. The van der Waals surface area contributed by atoms with Crippen molar-refractivity contribution in [2.45, 2.75) is 40.2 Å². The minimum atomic E-state index is -0.631. The molecule has 25 heavy (non-hydrogen) atoms. The smallest absolute Gasteiger partial charge is 0.251 e. The molecule has 0 saturated heterocycles. The number of hydrogen-bond acceptors (Lipinski definition) is 4. The minimum Gasteiger partial charge on any atom is -0.382 e. The van der Waals surface area contributed by atoms with Crippen molar-refractivity contribution in [2.75, 3.05) is 25.1 Å². The average Bonchev–Trinajstić information content (AvgIpc) is 2.53. The van der Waals surface area contributed by atoms with E-state index < -0.39 is 6.04 Å². The highest BCUT2D eigenvalue weighted by Gasteiger charge is 2.27. The SMILES string of the molecule is CCOCCCNC(=O)c1cccc(NC(=O)[C@@H](N)C(C)(C)C)c1.Cl. The van der Waals surface area contributed by atoms with Crippen LogP contribution in [0.4, 0.5) is 5.69 Å². The Balaban J connectivity index is 0.00000576. The normalized spacial score (nSPS) is 12.0. The van der Waals surface area contributed by atoms with Crippen LogP contribution in [0.1, 0.15) is 44.5 Å². The van der Waals surface area contributed by atoms with E-state index >= 15 is 0 Å². The predicted molar refractivity (Wildman–Crippen MR) is 103 cm³/mol. The number of anilines is 1. The van der Waals surface area contributed by atoms with Crippen molar-refractivity contribution in [2.24, 2.45) is 11.1 Å². The summed E-state index contributed by atoms with van der Waals surface area (Å²) < 4.78 is 5.22. The van der Waals surface area contributed by atoms with E-state index in [2.05, 4.69) is 10.6 Å². The van der Waals surface area contributed by atoms with Gasteiger partial charge in [-0.1, -0.05) is 26.8 Å². The molecule has 1 aromatic rings. The van der Waals surface area contributed by atoms with Crippen molar-refractivity contribution in [1.29, 1.82) is 0 Å². The first-order valence-corrected chi connectivity index (χ1v) is 8.28. The van der Waals surface area contributed by atoms with Crippen LogP contribution in [0.25, 0.3) is 0 Å². The molecular formula is C18H30ClN3O3. The molecule has 0 unspecified atom stereocenters. The van der Waals surface area contributed by atoms with E-state index in [9.17, 15) is 9.59 Å². The lowest BCUT2D eigenvalue weighted by molar-refractivity contribution is -0.119. The Morgan fingerprint density at radius 2 is 1.96 bits per heavy atom. The van der Waals surface area contributed by atoms with Crippen LogP contribution in [-0.2, 0) is 9.53 Å². The summed E-state index contributed by atoms with van der Waals surface area (Å²) in [6.45, 7) is 9.49. The largest absolute Gasteiger partial charge is 0.382 e. The fourth-order valence-corrected chi connectivity index (χ4v) is 1.97. The van der Waals surface area contributed by atoms with Crippen molar-refractivity contribution in [3.05, 3.63) is 29.8 Å². The number of rotatable bonds is 8. The Kier molecular flexibility index (Phi) is 10.4. The van der Waals surface area contributed by atoms with Gasteiger partial charge < -0.3 is 21.1 Å². The molecule has 1 atom stereocenters. The summed E-state index contributed by atoms with van der Waals surface area (Å²) in [4.78, 5) is 24.3. The minimum absolute atomic E-state index is 0. The van der Waals surface area contributed by atoms with Crippen molar-refractivity contribution in [3.63, 3.8) is 0 Å². The lowest BCUT2D eigenvalue weighted by Gasteiger charge is -2.25. The molecule has 1 aromatic carbocycles. The molecule has 0 saturated carbocycles. The van der Waals surface area contributed by atoms with Crippen LogP contribution in [-0.4, -0.2) is 37.6 Å². The molecule has 0 aliphatic carbocycles. The number of hydrogen-bond donors (Lipinski definition) is 3. The highest BCUT2D eigenvalue weighted by Crippen LogP contribution is 2.19. The fourth-order valence-electron chi connectivity index (χ4n) is 1.97. The van der Waals surface area contributed by atoms with Crippen molar-refractivity contribution >= 4 is 29.9 Å². The Hall–Kier alpha value is -1.63. The van der Waals surface area contributed by atoms with Crippen LogP contribution in [0.15, 0.2) is 24.3 Å². The number of carbonyl (C=O) groups is 2. The van der Waals surface area contributed by atoms with Crippen LogP contribution in [0, 0.1) is 5.41 Å². The number of amides is 2. The number of halogens is 1. The molecule has 0 aliphatic rings. The monoisotopic (exact) mass is 371 g/mol. The van der Waals surface area contributed by atoms with E-state index in [4.69, 9.17) is 10.5 Å². The molecule has 0 radical (unpaired) electrons. The molecule has 0 fully saturated rings. The van der Waals surface area contributed by atoms with Crippen LogP contribution in [0.3, 0.4) is 0 Å². The zero-order valence-electron chi connectivity index (χ0n) is 15.4. The van der Waals surface area contributed by atoms with Gasteiger partial charge in [-0.15, -0.1) is 12.4 Å². The Morgan fingerprint density at radius 3 is 2.56 bits per heavy atom. The Bertz CT molecular complexity index is 559. The summed E-state index contributed by atoms with van der Waals surface area (Å²) >= 11 is 0. The van der Waals surface area contributed by atoms with E-state index in [1.165, 1.54) is 0 Å². The molecule has 1 rings (SSSR count). The summed E-state index contributed by atoms with van der Waals surface area (Å²) in [5.74, 6) is -0.445. The van der Waals surface area contributed by atoms with Gasteiger partial charge in [0.1, 0.15) is 0 Å². The second kappa shape index (κ2) is 11.1. The summed E-state index contributed by atoms with van der Waals surface area (Å²) in [5.41, 5.74) is 6.66. The quantitative estimate of drug-likeness (QED) is 0.612. The second-order valence-corrected chi connectivity index (χ2v) is 6.72. The molecular weight excluding hydrogens is 342 g/mol. The first kappa shape index (κ1) is 23.4. The molecule has 7 heteroatoms. The van der Waals surface area contributed by atoms with Gasteiger partial charge in [0, 0.05) is 31.0 Å². The molecule has 0 bridgehead atoms. The van der Waals surface area contributed by atoms with E-state index in [1.807, 2.05) is 27.7 Å². The third-order valence-electron chi connectivity index (χ3n) is 3.56. The lowest BCUT2D eigenvalue weighted by atomic mass is 9.87. The molecule has 4 N–H and O–H groups in total. The molecule has 142 valence electrons. The zero-order chi connectivity index (χ0) is 18.2. The van der Waals surface area contributed by atoms with Crippen LogP contribution in [0.2, 0.25) is 0 Å². The molecule has 6 nitrogen and oxygen atoms in total. The summed E-state index contributed by atoms with van der Waals surface area (Å²) in [6, 6.07) is 6.18. The van der Waals surface area contributed by atoms with E-state index in [0.717, 1.165) is 6.42 Å². The Labute approximate surface area is 156 Å². The van der Waals surface area contributed by atoms with Crippen LogP contribution < -0.4 is 16.4 Å². The average molecular weight is 372 g/mol. The maximum Gasteiger partial charge on any atom is 0.251 e. The highest BCUT2D eigenvalue weighted by atomic mass is 35.5. The number of carbonyl (C=O) groups excluding carboxylic acids is 2. The molecule has 2 amide bonds. The summed E-state index contributed by atoms with van der Waals surface area (Å²) in [6.07, 6.45) is 0.760. The van der Waals surface area contributed by atoms with Gasteiger partial charge in [-0.3, -0.25) is 9.59 Å². The van der Waals surface area contributed by atoms with E-state index in [-0.39, 0.29) is 29.6 Å². The van der Waals surface area contributed by atoms with Gasteiger partial charge in [-0.25, -0.2) is 0 Å². The highest BCUT2D eigenvalue weighted by molar-refractivity contribution is 5.98. The van der Waals surface area contributed by atoms with Gasteiger partial charge in [0.05, 0.1) is 6.04 Å². The topological polar surface area (TPSA) is 93.5 Å². The fraction of sp³-hybridized carbons (Fsp3) is 0.556. The molecule has 0 aliphatic heterocycles. The first-order valence-electron chi connectivity index (χ1n) is 8.28. The van der Waals surface area contributed by atoms with E-state index in [0.29, 0.717) is 31.0 Å². The van der Waals surface area contributed by atoms with Crippen LogP contribution >= 0.6 is 12.4 Å². The molecule has 0 heterocycles. The van der Waals surface area contributed by atoms with Crippen molar-refractivity contribution in [1.82, 2.24) is 5.32 Å². The third-order valence-corrected chi connectivity index (χ3v) is 3.56. The third kappa shape index (κ3) is 8.34. The number of benzene rings is 1. The van der Waals surface area contributed by atoms with Gasteiger partial charge >= 0.3 is 0 Å². The van der Waals surface area contributed by atoms with Gasteiger partial charge in [0.15, 0.2) is 0 Å². The summed E-state index contributed by atoms with van der Waals surface area (Å²) in [7, 11) is 0. The second-order valence-electron chi connectivity index (χ2n) is 6.72. The standard InChI is InChI=1S/C18H29N3O3.ClH/c1-5-24-11-7-10-20-16(22)13-8-6-9-14(12-13)21-17(23)15(19)18(2,3)4;/h6,8-9,12,15H,5,7,10-11,19H2,1-4H3,(H,20,22)(H,21,23);1H/t15-;/m1./s1. The van der Waals surface area contributed by atoms with Crippen LogP contribution in [0.5, 0.6) is 0 Å². The Morgan fingerprint density at radius 1 is 1.28 bits per heavy atom. The van der Waals surface area contributed by atoms with Gasteiger partial charge in [0.25, 0.3) is 5.91 Å². The van der Waals surface area contributed by atoms with Gasteiger partial charge in [-0.2, -0.15) is 0 Å². The molecule has 0 spiro atoms. The number of ether oxygens (including phenoxy) is 1. The predicted octanol–water partition coefficient (Wildman–Crippen LogP) is 2.58. The number of nitrogens with two attached hydrogens (primary N) is 1. The van der Waals surface area contributed by atoms with Gasteiger partial charge in [-0.05, 0) is 37.0 Å². The lowest BCUT2D eigenvalue weighted by Crippen LogP contribution is -2.45. The summed E-state index contributed by atoms with van der Waals surface area (Å²) in [5, 5.41) is 5.59. The zero-order valence-corrected chi connectivity index (χ0v) is 16.2. The van der Waals surface area contributed by atoms with Crippen molar-refractivity contribution in [3.8, 4) is 0 Å². The van der Waals surface area contributed by atoms with E-state index in [1.54, 1.807) is 24.3 Å². The van der Waals surface area contributed by atoms with Crippen molar-refractivity contribution < 1.29 is 14.3 Å².